The highest BCUT2D eigenvalue weighted by molar-refractivity contribution is 5.78. The van der Waals surface area contributed by atoms with Crippen molar-refractivity contribution in [2.45, 2.75) is 19.8 Å². The molecule has 2 aromatic rings. The zero-order valence-electron chi connectivity index (χ0n) is 15.7. The fraction of sp³-hybridized carbons (Fsp3) is 0.333. The van der Waals surface area contributed by atoms with E-state index in [0.29, 0.717) is 26.1 Å². The fourth-order valence-corrected chi connectivity index (χ4v) is 2.66. The summed E-state index contributed by atoms with van der Waals surface area (Å²) >= 11 is 0. The quantitative estimate of drug-likeness (QED) is 0.736. The molecule has 0 heterocycles. The van der Waals surface area contributed by atoms with Gasteiger partial charge < -0.3 is 15.0 Å². The molecular weight excluding hydrogens is 347 g/mol. The Morgan fingerprint density at radius 1 is 1.00 bits per heavy atom. The Bertz CT molecular complexity index is 745. The highest BCUT2D eigenvalue weighted by atomic mass is 19.1. The van der Waals surface area contributed by atoms with Crippen LogP contribution in [0, 0.1) is 5.82 Å². The second-order valence-corrected chi connectivity index (χ2v) is 6.26. The Morgan fingerprint density at radius 2 is 1.63 bits per heavy atom. The van der Waals surface area contributed by atoms with Gasteiger partial charge in [-0.3, -0.25) is 9.59 Å². The summed E-state index contributed by atoms with van der Waals surface area (Å²) in [5.41, 5.74) is 1.86. The van der Waals surface area contributed by atoms with Crippen LogP contribution in [0.5, 0.6) is 5.75 Å². The summed E-state index contributed by atoms with van der Waals surface area (Å²) in [7, 11) is 1.60. The van der Waals surface area contributed by atoms with E-state index in [0.717, 1.165) is 16.9 Å². The Labute approximate surface area is 159 Å². The predicted octanol–water partition coefficient (Wildman–Crippen LogP) is 2.58. The Kier molecular flexibility index (Phi) is 7.79. The van der Waals surface area contributed by atoms with Gasteiger partial charge in [-0.2, -0.15) is 0 Å². The molecule has 0 atom stereocenters. The summed E-state index contributed by atoms with van der Waals surface area (Å²) in [5.74, 6) is 0.322. The molecule has 0 bridgehead atoms. The maximum absolute atomic E-state index is 12.9. The SMILES string of the molecule is COc1ccc(CC(=O)NCCN(CCc2ccc(F)cc2)C(C)=O)cc1. The predicted molar refractivity (Wildman–Crippen MR) is 102 cm³/mol. The molecule has 1 N–H and O–H groups in total. The number of carbonyl (C=O) groups excluding carboxylic acids is 2. The minimum Gasteiger partial charge on any atom is -0.497 e. The second kappa shape index (κ2) is 10.3. The first-order chi connectivity index (χ1) is 13.0. The van der Waals surface area contributed by atoms with Crippen molar-refractivity contribution < 1.29 is 18.7 Å². The fourth-order valence-electron chi connectivity index (χ4n) is 2.66. The molecular formula is C21H25FN2O3. The van der Waals surface area contributed by atoms with Gasteiger partial charge >= 0.3 is 0 Å². The highest BCUT2D eigenvalue weighted by Crippen LogP contribution is 2.11. The first kappa shape index (κ1) is 20.4. The summed E-state index contributed by atoms with van der Waals surface area (Å²) in [6, 6.07) is 13.6. The van der Waals surface area contributed by atoms with E-state index in [2.05, 4.69) is 5.32 Å². The molecule has 0 unspecified atom stereocenters. The van der Waals surface area contributed by atoms with E-state index in [-0.39, 0.29) is 24.1 Å². The first-order valence-corrected chi connectivity index (χ1v) is 8.87. The lowest BCUT2D eigenvalue weighted by molar-refractivity contribution is -0.129. The van der Waals surface area contributed by atoms with Crippen LogP contribution in [0.2, 0.25) is 0 Å². The largest absolute Gasteiger partial charge is 0.497 e. The number of nitrogens with zero attached hydrogens (tertiary/aromatic N) is 1. The molecule has 5 nitrogen and oxygen atoms in total. The topological polar surface area (TPSA) is 58.6 Å². The van der Waals surface area contributed by atoms with Gasteiger partial charge in [0.15, 0.2) is 0 Å². The van der Waals surface area contributed by atoms with Crippen molar-refractivity contribution in [3.63, 3.8) is 0 Å². The molecule has 27 heavy (non-hydrogen) atoms. The molecule has 0 aliphatic rings. The molecule has 0 saturated carbocycles. The van der Waals surface area contributed by atoms with Crippen LogP contribution in [-0.4, -0.2) is 43.5 Å². The molecule has 0 aliphatic carbocycles. The number of benzene rings is 2. The van der Waals surface area contributed by atoms with Crippen LogP contribution in [0.1, 0.15) is 18.1 Å². The van der Waals surface area contributed by atoms with Crippen LogP contribution in [0.15, 0.2) is 48.5 Å². The summed E-state index contributed by atoms with van der Waals surface area (Å²) in [6.45, 7) is 2.85. The Hall–Kier alpha value is -2.89. The van der Waals surface area contributed by atoms with Gasteiger partial charge in [-0.25, -0.2) is 4.39 Å². The summed E-state index contributed by atoms with van der Waals surface area (Å²) < 4.78 is 18.0. The zero-order valence-corrected chi connectivity index (χ0v) is 15.7. The van der Waals surface area contributed by atoms with Gasteiger partial charge in [-0.05, 0) is 41.8 Å². The van der Waals surface area contributed by atoms with Crippen molar-refractivity contribution in [1.29, 1.82) is 0 Å². The second-order valence-electron chi connectivity index (χ2n) is 6.26. The van der Waals surface area contributed by atoms with Crippen molar-refractivity contribution in [2.24, 2.45) is 0 Å². The minimum absolute atomic E-state index is 0.0542. The summed E-state index contributed by atoms with van der Waals surface area (Å²) in [4.78, 5) is 25.5. The van der Waals surface area contributed by atoms with Gasteiger partial charge in [-0.1, -0.05) is 24.3 Å². The molecule has 0 aromatic heterocycles. The number of hydrogen-bond acceptors (Lipinski definition) is 3. The average Bonchev–Trinajstić information content (AvgIpc) is 2.66. The number of ether oxygens (including phenoxy) is 1. The number of amides is 2. The highest BCUT2D eigenvalue weighted by Gasteiger charge is 2.10. The molecule has 0 saturated heterocycles. The van der Waals surface area contributed by atoms with Crippen LogP contribution in [0.4, 0.5) is 4.39 Å². The van der Waals surface area contributed by atoms with Gasteiger partial charge in [0.1, 0.15) is 11.6 Å². The van der Waals surface area contributed by atoms with E-state index in [4.69, 9.17) is 4.74 Å². The normalized spacial score (nSPS) is 10.3. The monoisotopic (exact) mass is 372 g/mol. The Morgan fingerprint density at radius 3 is 2.22 bits per heavy atom. The van der Waals surface area contributed by atoms with Crippen molar-refractivity contribution in [3.05, 3.63) is 65.5 Å². The summed E-state index contributed by atoms with van der Waals surface area (Å²) in [6.07, 6.45) is 0.916. The van der Waals surface area contributed by atoms with E-state index in [1.165, 1.54) is 19.1 Å². The number of methoxy groups -OCH3 is 1. The van der Waals surface area contributed by atoms with Crippen LogP contribution in [0.25, 0.3) is 0 Å². The van der Waals surface area contributed by atoms with E-state index >= 15 is 0 Å². The third-order valence-electron chi connectivity index (χ3n) is 4.26. The van der Waals surface area contributed by atoms with Gasteiger partial charge in [0.05, 0.1) is 13.5 Å². The molecule has 6 heteroatoms. The molecule has 0 aliphatic heterocycles. The average molecular weight is 372 g/mol. The number of carbonyl (C=O) groups is 2. The standard InChI is InChI=1S/C21H25FN2O3/c1-16(25)24(13-11-17-3-7-19(22)8-4-17)14-12-23-21(26)15-18-5-9-20(27-2)10-6-18/h3-10H,11-15H2,1-2H3,(H,23,26). The van der Waals surface area contributed by atoms with E-state index in [9.17, 15) is 14.0 Å². The van der Waals surface area contributed by atoms with Crippen LogP contribution in [-0.2, 0) is 22.4 Å². The lowest BCUT2D eigenvalue weighted by Crippen LogP contribution is -2.39. The number of halogens is 1. The lowest BCUT2D eigenvalue weighted by Gasteiger charge is -2.21. The van der Waals surface area contributed by atoms with Gasteiger partial charge in [0, 0.05) is 26.6 Å². The Balaban J connectivity index is 1.75. The molecule has 0 fully saturated rings. The maximum atomic E-state index is 12.9. The third-order valence-corrected chi connectivity index (χ3v) is 4.26. The smallest absolute Gasteiger partial charge is 0.224 e. The molecule has 2 aromatic carbocycles. The van der Waals surface area contributed by atoms with Gasteiger partial charge in [0.25, 0.3) is 0 Å². The van der Waals surface area contributed by atoms with Crippen LogP contribution < -0.4 is 10.1 Å². The number of hydrogen-bond donors (Lipinski definition) is 1. The molecule has 144 valence electrons. The number of rotatable bonds is 9. The first-order valence-electron chi connectivity index (χ1n) is 8.87. The molecule has 2 rings (SSSR count). The minimum atomic E-state index is -0.276. The van der Waals surface area contributed by atoms with Crippen molar-refractivity contribution in [3.8, 4) is 5.75 Å². The lowest BCUT2D eigenvalue weighted by atomic mass is 10.1. The summed E-state index contributed by atoms with van der Waals surface area (Å²) in [5, 5.41) is 2.84. The molecule has 2 amide bonds. The zero-order chi connectivity index (χ0) is 19.6. The third kappa shape index (κ3) is 7.09. The van der Waals surface area contributed by atoms with Crippen molar-refractivity contribution >= 4 is 11.8 Å². The van der Waals surface area contributed by atoms with Crippen molar-refractivity contribution in [2.75, 3.05) is 26.7 Å². The van der Waals surface area contributed by atoms with E-state index < -0.39 is 0 Å². The van der Waals surface area contributed by atoms with Gasteiger partial charge in [0.2, 0.25) is 11.8 Å². The van der Waals surface area contributed by atoms with Crippen LogP contribution in [0.3, 0.4) is 0 Å². The van der Waals surface area contributed by atoms with Crippen molar-refractivity contribution in [1.82, 2.24) is 10.2 Å². The molecule has 0 spiro atoms. The molecule has 0 radical (unpaired) electrons. The van der Waals surface area contributed by atoms with E-state index in [1.807, 2.05) is 24.3 Å². The maximum Gasteiger partial charge on any atom is 0.224 e. The van der Waals surface area contributed by atoms with Crippen LogP contribution >= 0.6 is 0 Å². The van der Waals surface area contributed by atoms with Gasteiger partial charge in [-0.15, -0.1) is 0 Å². The number of nitrogens with one attached hydrogen (secondary N) is 1. The van der Waals surface area contributed by atoms with E-state index in [1.54, 1.807) is 24.1 Å².